The van der Waals surface area contributed by atoms with Crippen LogP contribution < -0.4 is 5.73 Å². The van der Waals surface area contributed by atoms with Crippen molar-refractivity contribution in [1.29, 1.82) is 0 Å². The Hall–Kier alpha value is -1.81. The van der Waals surface area contributed by atoms with E-state index in [1.807, 2.05) is 29.8 Å². The van der Waals surface area contributed by atoms with Crippen LogP contribution in [0.5, 0.6) is 0 Å². The van der Waals surface area contributed by atoms with E-state index >= 15 is 0 Å². The van der Waals surface area contributed by atoms with E-state index in [2.05, 4.69) is 12.1 Å². The van der Waals surface area contributed by atoms with Crippen LogP contribution in [-0.4, -0.2) is 22.8 Å². The average molecular weight is 257 g/mol. The molecule has 4 nitrogen and oxygen atoms in total. The van der Waals surface area contributed by atoms with Crippen molar-refractivity contribution in [3.63, 3.8) is 0 Å². The minimum absolute atomic E-state index is 0.331. The first kappa shape index (κ1) is 12.2. The first-order valence-electron chi connectivity index (χ1n) is 6.72. The summed E-state index contributed by atoms with van der Waals surface area (Å²) in [4.78, 5) is 4.76. The van der Waals surface area contributed by atoms with Gasteiger partial charge in [-0.05, 0) is 12.8 Å². The minimum Gasteiger partial charge on any atom is -0.384 e. The molecule has 0 bridgehead atoms. The van der Waals surface area contributed by atoms with Crippen LogP contribution in [0.4, 0.5) is 5.82 Å². The van der Waals surface area contributed by atoms with E-state index in [0.29, 0.717) is 5.92 Å². The zero-order valence-electron chi connectivity index (χ0n) is 11.2. The summed E-state index contributed by atoms with van der Waals surface area (Å²) in [6.45, 7) is 1.59. The van der Waals surface area contributed by atoms with Crippen molar-refractivity contribution in [1.82, 2.24) is 9.55 Å². The monoisotopic (exact) mass is 257 g/mol. The number of nitrogens with zero attached hydrogens (tertiary/aromatic N) is 2. The molecule has 1 unspecified atom stereocenters. The predicted octanol–water partition coefficient (Wildman–Crippen LogP) is 2.56. The zero-order chi connectivity index (χ0) is 13.2. The van der Waals surface area contributed by atoms with Crippen LogP contribution in [-0.2, 0) is 11.8 Å². The zero-order valence-corrected chi connectivity index (χ0v) is 11.2. The molecule has 100 valence electrons. The summed E-state index contributed by atoms with van der Waals surface area (Å²) in [5.74, 6) is 2.02. The maximum Gasteiger partial charge on any atom is 0.141 e. The third kappa shape index (κ3) is 2.24. The van der Waals surface area contributed by atoms with Gasteiger partial charge in [0.2, 0.25) is 0 Å². The Bertz CT molecular complexity index is 556. The quantitative estimate of drug-likeness (QED) is 0.899. The molecule has 1 aliphatic heterocycles. The van der Waals surface area contributed by atoms with Crippen molar-refractivity contribution in [2.45, 2.75) is 18.8 Å². The van der Waals surface area contributed by atoms with E-state index in [0.717, 1.165) is 49.0 Å². The second-order valence-electron chi connectivity index (χ2n) is 5.05. The Morgan fingerprint density at radius 3 is 2.79 bits per heavy atom. The molecule has 2 heterocycles. The lowest BCUT2D eigenvalue weighted by Gasteiger charge is -2.20. The molecule has 1 fully saturated rings. The fraction of sp³-hybridized carbons (Fsp3) is 0.400. The molecular weight excluding hydrogens is 238 g/mol. The molecule has 0 radical (unpaired) electrons. The highest BCUT2D eigenvalue weighted by atomic mass is 16.5. The van der Waals surface area contributed by atoms with E-state index in [1.54, 1.807) is 0 Å². The average Bonchev–Trinajstić information content (AvgIpc) is 2.77. The van der Waals surface area contributed by atoms with Crippen molar-refractivity contribution in [3.05, 3.63) is 36.0 Å². The van der Waals surface area contributed by atoms with Gasteiger partial charge in [-0.3, -0.25) is 0 Å². The normalized spacial score (nSPS) is 19.5. The second-order valence-corrected chi connectivity index (χ2v) is 5.05. The van der Waals surface area contributed by atoms with Gasteiger partial charge in [0.25, 0.3) is 0 Å². The van der Waals surface area contributed by atoms with Crippen LogP contribution in [0.15, 0.2) is 30.3 Å². The highest BCUT2D eigenvalue weighted by molar-refractivity contribution is 5.60. The van der Waals surface area contributed by atoms with Gasteiger partial charge in [0.05, 0.1) is 12.3 Å². The van der Waals surface area contributed by atoms with Crippen LogP contribution in [0.1, 0.15) is 24.5 Å². The largest absolute Gasteiger partial charge is 0.384 e. The van der Waals surface area contributed by atoms with E-state index in [-0.39, 0.29) is 0 Å². The number of hydrogen-bond acceptors (Lipinski definition) is 3. The molecule has 2 aromatic rings. The van der Waals surface area contributed by atoms with Gasteiger partial charge < -0.3 is 15.0 Å². The Kier molecular flexibility index (Phi) is 3.25. The van der Waals surface area contributed by atoms with Crippen LogP contribution in [0.2, 0.25) is 0 Å². The Morgan fingerprint density at radius 2 is 2.11 bits per heavy atom. The molecule has 0 spiro atoms. The fourth-order valence-corrected chi connectivity index (χ4v) is 2.63. The third-order valence-electron chi connectivity index (χ3n) is 3.75. The number of rotatable bonds is 2. The molecular formula is C15H19N3O. The van der Waals surface area contributed by atoms with Crippen molar-refractivity contribution >= 4 is 5.82 Å². The minimum atomic E-state index is 0.331. The lowest BCUT2D eigenvalue weighted by molar-refractivity contribution is 0.0796. The fourth-order valence-electron chi connectivity index (χ4n) is 2.63. The van der Waals surface area contributed by atoms with Gasteiger partial charge in [-0.1, -0.05) is 30.3 Å². The van der Waals surface area contributed by atoms with Crippen LogP contribution in [0.25, 0.3) is 11.4 Å². The van der Waals surface area contributed by atoms with Crippen LogP contribution in [0.3, 0.4) is 0 Å². The lowest BCUT2D eigenvalue weighted by Crippen LogP contribution is -2.17. The van der Waals surface area contributed by atoms with Gasteiger partial charge in [0.1, 0.15) is 11.6 Å². The summed E-state index contributed by atoms with van der Waals surface area (Å²) >= 11 is 0. The number of nitrogens with two attached hydrogens (primary N) is 1. The van der Waals surface area contributed by atoms with E-state index in [4.69, 9.17) is 15.5 Å². The standard InChI is InChI=1S/C15H19N3O/c1-18-14(16)13(12-8-5-9-19-10-12)17-15(18)11-6-3-2-4-7-11/h2-4,6-7,12H,5,8-10,16H2,1H3. The van der Waals surface area contributed by atoms with Crippen LogP contribution >= 0.6 is 0 Å². The van der Waals surface area contributed by atoms with Crippen molar-refractivity contribution < 1.29 is 4.74 Å². The highest BCUT2D eigenvalue weighted by Gasteiger charge is 2.23. The smallest absolute Gasteiger partial charge is 0.141 e. The van der Waals surface area contributed by atoms with E-state index in [9.17, 15) is 0 Å². The van der Waals surface area contributed by atoms with Gasteiger partial charge in [0, 0.05) is 25.1 Å². The Morgan fingerprint density at radius 1 is 1.32 bits per heavy atom. The number of ether oxygens (including phenoxy) is 1. The number of aromatic nitrogens is 2. The summed E-state index contributed by atoms with van der Waals surface area (Å²) in [5.41, 5.74) is 8.30. The second kappa shape index (κ2) is 5.05. The molecule has 3 rings (SSSR count). The SMILES string of the molecule is Cn1c(-c2ccccc2)nc(C2CCCOC2)c1N. The molecule has 0 aliphatic carbocycles. The summed E-state index contributed by atoms with van der Waals surface area (Å²) < 4.78 is 7.51. The molecule has 1 aromatic heterocycles. The summed E-state index contributed by atoms with van der Waals surface area (Å²) in [7, 11) is 1.97. The number of anilines is 1. The molecule has 1 atom stereocenters. The van der Waals surface area contributed by atoms with Gasteiger partial charge >= 0.3 is 0 Å². The highest BCUT2D eigenvalue weighted by Crippen LogP contribution is 2.32. The molecule has 2 N–H and O–H groups in total. The summed E-state index contributed by atoms with van der Waals surface area (Å²) in [5, 5.41) is 0. The number of benzene rings is 1. The van der Waals surface area contributed by atoms with Crippen molar-refractivity contribution in [2.75, 3.05) is 18.9 Å². The molecule has 0 amide bonds. The molecule has 1 aromatic carbocycles. The maximum absolute atomic E-state index is 6.22. The molecule has 4 heteroatoms. The summed E-state index contributed by atoms with van der Waals surface area (Å²) in [6, 6.07) is 10.2. The predicted molar refractivity (Wildman–Crippen MR) is 75.9 cm³/mol. The lowest BCUT2D eigenvalue weighted by atomic mass is 9.99. The van der Waals surface area contributed by atoms with E-state index in [1.165, 1.54) is 0 Å². The van der Waals surface area contributed by atoms with Gasteiger partial charge in [0.15, 0.2) is 0 Å². The topological polar surface area (TPSA) is 53.1 Å². The molecule has 0 saturated carbocycles. The van der Waals surface area contributed by atoms with Gasteiger partial charge in [-0.25, -0.2) is 4.98 Å². The number of nitrogen functional groups attached to an aromatic ring is 1. The first-order chi connectivity index (χ1) is 9.27. The maximum atomic E-state index is 6.22. The Labute approximate surface area is 113 Å². The number of imidazole rings is 1. The molecule has 19 heavy (non-hydrogen) atoms. The summed E-state index contributed by atoms with van der Waals surface area (Å²) in [6.07, 6.45) is 2.19. The number of hydrogen-bond donors (Lipinski definition) is 1. The Balaban J connectivity index is 1.99. The van der Waals surface area contributed by atoms with Crippen molar-refractivity contribution in [3.8, 4) is 11.4 Å². The third-order valence-corrected chi connectivity index (χ3v) is 3.75. The first-order valence-corrected chi connectivity index (χ1v) is 6.72. The van der Waals surface area contributed by atoms with E-state index < -0.39 is 0 Å². The van der Waals surface area contributed by atoms with Crippen molar-refractivity contribution in [2.24, 2.45) is 7.05 Å². The van der Waals surface area contributed by atoms with Gasteiger partial charge in [-0.15, -0.1) is 0 Å². The molecule has 1 saturated heterocycles. The van der Waals surface area contributed by atoms with Crippen LogP contribution in [0, 0.1) is 0 Å². The molecule has 1 aliphatic rings. The van der Waals surface area contributed by atoms with Gasteiger partial charge in [-0.2, -0.15) is 0 Å².